The van der Waals surface area contributed by atoms with Crippen molar-refractivity contribution < 1.29 is 9.84 Å². The van der Waals surface area contributed by atoms with Crippen molar-refractivity contribution in [1.29, 1.82) is 0 Å². The maximum atomic E-state index is 10.3. The summed E-state index contributed by atoms with van der Waals surface area (Å²) in [4.78, 5) is 5.47. The van der Waals surface area contributed by atoms with Gasteiger partial charge in [-0.3, -0.25) is 5.10 Å². The number of aliphatic hydroxyl groups is 1. The predicted molar refractivity (Wildman–Crippen MR) is 88.4 cm³/mol. The molecule has 3 aromatic rings. The third kappa shape index (κ3) is 3.49. The number of ether oxygens (including phenoxy) is 1. The molecule has 1 atom stereocenters. The van der Waals surface area contributed by atoms with Crippen molar-refractivity contribution in [3.8, 4) is 16.5 Å². The molecule has 2 N–H and O–H groups in total. The van der Waals surface area contributed by atoms with Crippen LogP contribution >= 0.6 is 23.1 Å². The molecule has 3 rings (SSSR count). The monoisotopic (exact) mass is 333 g/mol. The van der Waals surface area contributed by atoms with Crippen LogP contribution in [0.4, 0.5) is 0 Å². The number of H-pyrrole nitrogens is 1. The fourth-order valence-electron chi connectivity index (χ4n) is 1.93. The minimum atomic E-state index is -0.594. The Hall–Kier alpha value is -1.83. The quantitative estimate of drug-likeness (QED) is 0.677. The number of nitrogens with zero attached hydrogens (tertiary/aromatic N) is 2. The lowest BCUT2D eigenvalue weighted by molar-refractivity contribution is 0.203. The average Bonchev–Trinajstić information content (AvgIpc) is 3.23. The molecular weight excluding hydrogens is 318 g/mol. The fraction of sp³-hybridized carbons (Fsp3) is 0.200. The molecule has 7 heteroatoms. The summed E-state index contributed by atoms with van der Waals surface area (Å²) in [5.41, 5.74) is 0.820. The maximum absolute atomic E-state index is 10.3. The van der Waals surface area contributed by atoms with Crippen molar-refractivity contribution in [1.82, 2.24) is 15.2 Å². The Morgan fingerprint density at radius 1 is 1.36 bits per heavy atom. The van der Waals surface area contributed by atoms with Crippen LogP contribution in [0.5, 0.6) is 5.75 Å². The molecule has 114 valence electrons. The van der Waals surface area contributed by atoms with Crippen LogP contribution in [0.15, 0.2) is 46.9 Å². The fourth-order valence-corrected chi connectivity index (χ4v) is 3.36. The molecule has 0 aliphatic carbocycles. The van der Waals surface area contributed by atoms with Crippen LogP contribution < -0.4 is 4.74 Å². The second-order valence-electron chi connectivity index (χ2n) is 4.55. The van der Waals surface area contributed by atoms with E-state index < -0.39 is 6.10 Å². The van der Waals surface area contributed by atoms with E-state index in [1.165, 1.54) is 11.8 Å². The Bertz CT molecular complexity index is 728. The Morgan fingerprint density at radius 3 is 3.05 bits per heavy atom. The van der Waals surface area contributed by atoms with E-state index >= 15 is 0 Å². The number of nitrogens with one attached hydrogen (secondary N) is 1. The third-order valence-corrected chi connectivity index (χ3v) is 4.87. The molecule has 5 nitrogen and oxygen atoms in total. The van der Waals surface area contributed by atoms with Gasteiger partial charge in [-0.15, -0.1) is 16.4 Å². The lowest BCUT2D eigenvalue weighted by Crippen LogP contribution is -2.01. The van der Waals surface area contributed by atoms with Crippen LogP contribution in [0.1, 0.15) is 11.7 Å². The summed E-state index contributed by atoms with van der Waals surface area (Å²) in [6, 6.07) is 11.4. The molecule has 1 aromatic carbocycles. The molecule has 0 aliphatic heterocycles. The number of thiophene rings is 1. The average molecular weight is 333 g/mol. The van der Waals surface area contributed by atoms with Gasteiger partial charge in [-0.2, -0.15) is 0 Å². The van der Waals surface area contributed by atoms with E-state index in [1.807, 2.05) is 41.8 Å². The Labute approximate surface area is 136 Å². The lowest BCUT2D eigenvalue weighted by atomic mass is 10.1. The highest BCUT2D eigenvalue weighted by atomic mass is 32.2. The number of aromatic amines is 1. The number of methoxy groups -OCH3 is 1. The molecule has 0 bridgehead atoms. The van der Waals surface area contributed by atoms with Gasteiger partial charge in [0.15, 0.2) is 5.82 Å². The summed E-state index contributed by atoms with van der Waals surface area (Å²) in [6.45, 7) is 0. The number of aliphatic hydroxyl groups excluding tert-OH is 1. The predicted octanol–water partition coefficient (Wildman–Crippen LogP) is 3.37. The standard InChI is InChI=1S/C15H15N3O2S2/c1-20-11-5-2-4-10(8-11)12(19)9-22-15-16-14(17-18-15)13-6-3-7-21-13/h2-8,12,19H,9H2,1H3,(H,16,17,18). The summed E-state index contributed by atoms with van der Waals surface area (Å²) in [7, 11) is 1.61. The first-order valence-electron chi connectivity index (χ1n) is 6.67. The number of thioether (sulfide) groups is 1. The van der Waals surface area contributed by atoms with E-state index in [0.29, 0.717) is 10.9 Å². The van der Waals surface area contributed by atoms with Crippen molar-refractivity contribution in [3.63, 3.8) is 0 Å². The minimum absolute atomic E-state index is 0.481. The molecule has 0 spiro atoms. The van der Waals surface area contributed by atoms with Crippen molar-refractivity contribution in [2.75, 3.05) is 12.9 Å². The molecule has 1 unspecified atom stereocenters. The Kier molecular flexibility index (Phi) is 4.77. The molecule has 0 radical (unpaired) electrons. The summed E-state index contributed by atoms with van der Waals surface area (Å²) in [5.74, 6) is 1.97. The van der Waals surface area contributed by atoms with Crippen LogP contribution in [0, 0.1) is 0 Å². The first-order chi connectivity index (χ1) is 10.8. The van der Waals surface area contributed by atoms with Gasteiger partial charge in [0.05, 0.1) is 18.1 Å². The van der Waals surface area contributed by atoms with Gasteiger partial charge in [0.25, 0.3) is 0 Å². The van der Waals surface area contributed by atoms with Gasteiger partial charge in [-0.05, 0) is 29.1 Å². The molecule has 0 amide bonds. The summed E-state index contributed by atoms with van der Waals surface area (Å²) < 4.78 is 5.17. The molecule has 0 saturated heterocycles. The number of hydrogen-bond donors (Lipinski definition) is 2. The highest BCUT2D eigenvalue weighted by molar-refractivity contribution is 7.99. The number of rotatable bonds is 6. The first kappa shape index (κ1) is 15.1. The van der Waals surface area contributed by atoms with E-state index in [0.717, 1.165) is 22.0 Å². The van der Waals surface area contributed by atoms with Crippen molar-refractivity contribution >= 4 is 23.1 Å². The SMILES string of the molecule is COc1cccc(C(O)CSc2n[nH]c(-c3cccs3)n2)c1. The van der Waals surface area contributed by atoms with Crippen LogP contribution in [0.2, 0.25) is 0 Å². The van der Waals surface area contributed by atoms with E-state index in [1.54, 1.807) is 18.4 Å². The van der Waals surface area contributed by atoms with Gasteiger partial charge >= 0.3 is 0 Å². The van der Waals surface area contributed by atoms with Gasteiger partial charge in [-0.1, -0.05) is 30.0 Å². The van der Waals surface area contributed by atoms with E-state index in [4.69, 9.17) is 4.74 Å². The van der Waals surface area contributed by atoms with E-state index in [9.17, 15) is 5.11 Å². The maximum Gasteiger partial charge on any atom is 0.208 e. The summed E-state index contributed by atoms with van der Waals surface area (Å²) in [6.07, 6.45) is -0.594. The van der Waals surface area contributed by atoms with E-state index in [2.05, 4.69) is 15.2 Å². The molecule has 0 saturated carbocycles. The molecule has 0 fully saturated rings. The third-order valence-electron chi connectivity index (χ3n) is 3.07. The number of benzene rings is 1. The minimum Gasteiger partial charge on any atom is -0.497 e. The second-order valence-corrected chi connectivity index (χ2v) is 6.48. The van der Waals surface area contributed by atoms with Gasteiger partial charge in [0.1, 0.15) is 5.75 Å². The largest absolute Gasteiger partial charge is 0.497 e. The van der Waals surface area contributed by atoms with Gasteiger partial charge in [-0.25, -0.2) is 4.98 Å². The van der Waals surface area contributed by atoms with Crippen LogP contribution in [0.25, 0.3) is 10.7 Å². The highest BCUT2D eigenvalue weighted by Crippen LogP contribution is 2.27. The van der Waals surface area contributed by atoms with E-state index in [-0.39, 0.29) is 0 Å². The van der Waals surface area contributed by atoms with Crippen LogP contribution in [0.3, 0.4) is 0 Å². The van der Waals surface area contributed by atoms with Crippen LogP contribution in [-0.4, -0.2) is 33.2 Å². The first-order valence-corrected chi connectivity index (χ1v) is 8.54. The normalized spacial score (nSPS) is 12.3. The number of aromatic nitrogens is 3. The smallest absolute Gasteiger partial charge is 0.208 e. The topological polar surface area (TPSA) is 71.0 Å². The zero-order chi connectivity index (χ0) is 15.4. The lowest BCUT2D eigenvalue weighted by Gasteiger charge is -2.10. The summed E-state index contributed by atoms with van der Waals surface area (Å²) in [5, 5.41) is 20.0. The molecule has 22 heavy (non-hydrogen) atoms. The van der Waals surface area contributed by atoms with Crippen molar-refractivity contribution in [3.05, 3.63) is 47.3 Å². The van der Waals surface area contributed by atoms with Crippen LogP contribution in [-0.2, 0) is 0 Å². The Morgan fingerprint density at radius 2 is 2.27 bits per heavy atom. The van der Waals surface area contributed by atoms with Crippen molar-refractivity contribution in [2.24, 2.45) is 0 Å². The zero-order valence-corrected chi connectivity index (χ0v) is 13.5. The van der Waals surface area contributed by atoms with Gasteiger partial charge in [0, 0.05) is 5.75 Å². The molecule has 2 heterocycles. The van der Waals surface area contributed by atoms with Crippen molar-refractivity contribution in [2.45, 2.75) is 11.3 Å². The molecule has 0 aliphatic rings. The second kappa shape index (κ2) is 6.95. The summed E-state index contributed by atoms with van der Waals surface area (Å²) >= 11 is 3.02. The van der Waals surface area contributed by atoms with Gasteiger partial charge in [0.2, 0.25) is 5.16 Å². The molecular formula is C15H15N3O2S2. The Balaban J connectivity index is 1.62. The molecule has 2 aromatic heterocycles. The van der Waals surface area contributed by atoms with Gasteiger partial charge < -0.3 is 9.84 Å². The zero-order valence-electron chi connectivity index (χ0n) is 11.9. The number of hydrogen-bond acceptors (Lipinski definition) is 6. The highest BCUT2D eigenvalue weighted by Gasteiger charge is 2.12.